The van der Waals surface area contributed by atoms with Gasteiger partial charge in [-0.3, -0.25) is 0 Å². The molecule has 0 amide bonds. The van der Waals surface area contributed by atoms with Crippen LogP contribution in [-0.2, 0) is 4.74 Å². The van der Waals surface area contributed by atoms with E-state index >= 15 is 0 Å². The fourth-order valence-electron chi connectivity index (χ4n) is 0.780. The van der Waals surface area contributed by atoms with Gasteiger partial charge in [-0.1, -0.05) is 36.9 Å². The number of benzene rings is 1. The first-order valence-corrected chi connectivity index (χ1v) is 3.69. The normalized spacial score (nSPS) is 9.08. The summed E-state index contributed by atoms with van der Waals surface area (Å²) in [6, 6.07) is 9.06. The molecule has 0 unspecified atom stereocenters. The van der Waals surface area contributed by atoms with E-state index in [4.69, 9.17) is 11.6 Å². The van der Waals surface area contributed by atoms with Gasteiger partial charge < -0.3 is 4.74 Å². The van der Waals surface area contributed by atoms with E-state index in [2.05, 4.69) is 11.3 Å². The lowest BCUT2D eigenvalue weighted by molar-refractivity contribution is 0.218. The molecule has 0 bridgehead atoms. The highest BCUT2D eigenvalue weighted by atomic mass is 35.5. The molecule has 0 aromatic heterocycles. The van der Waals surface area contributed by atoms with E-state index in [1.54, 1.807) is 12.1 Å². The van der Waals surface area contributed by atoms with Crippen molar-refractivity contribution in [1.29, 1.82) is 0 Å². The van der Waals surface area contributed by atoms with Crippen LogP contribution in [0.1, 0.15) is 5.56 Å². The minimum absolute atomic E-state index is 0.260. The predicted octanol–water partition coefficient (Wildman–Crippen LogP) is 3.03. The molecule has 0 aliphatic rings. The molecule has 0 aliphatic carbocycles. The largest absolute Gasteiger partial charge is 0.414 e. The smallest absolute Gasteiger partial charge is 0.409 e. The third kappa shape index (κ3) is 2.40. The molecule has 0 aliphatic heterocycles. The monoisotopic (exact) mass is 182 g/mol. The average Bonchev–Trinajstić information content (AvgIpc) is 2.05. The number of hydrogen-bond donors (Lipinski definition) is 0. The van der Waals surface area contributed by atoms with Crippen molar-refractivity contribution in [3.05, 3.63) is 42.5 Å². The van der Waals surface area contributed by atoms with Crippen LogP contribution in [0.5, 0.6) is 0 Å². The number of ether oxygens (including phenoxy) is 1. The first-order valence-electron chi connectivity index (χ1n) is 3.32. The maximum atomic E-state index is 10.3. The van der Waals surface area contributed by atoms with Crippen molar-refractivity contribution in [1.82, 2.24) is 0 Å². The van der Waals surface area contributed by atoms with Gasteiger partial charge in [0.05, 0.1) is 0 Å². The van der Waals surface area contributed by atoms with Crippen molar-refractivity contribution in [2.75, 3.05) is 0 Å². The van der Waals surface area contributed by atoms with Gasteiger partial charge in [-0.25, -0.2) is 4.79 Å². The van der Waals surface area contributed by atoms with Crippen LogP contribution < -0.4 is 0 Å². The van der Waals surface area contributed by atoms with Gasteiger partial charge in [0.2, 0.25) is 0 Å². The highest BCUT2D eigenvalue weighted by molar-refractivity contribution is 6.61. The summed E-state index contributed by atoms with van der Waals surface area (Å²) < 4.78 is 4.57. The summed E-state index contributed by atoms with van der Waals surface area (Å²) in [6.07, 6.45) is 0. The molecule has 1 aromatic rings. The second kappa shape index (κ2) is 3.93. The molecule has 3 heteroatoms. The summed E-state index contributed by atoms with van der Waals surface area (Å²) in [4.78, 5) is 10.3. The maximum absolute atomic E-state index is 10.3. The summed E-state index contributed by atoms with van der Waals surface area (Å²) in [7, 11) is 0. The Morgan fingerprint density at radius 3 is 2.42 bits per heavy atom. The Morgan fingerprint density at radius 1 is 1.33 bits per heavy atom. The van der Waals surface area contributed by atoms with Gasteiger partial charge in [0, 0.05) is 17.2 Å². The zero-order valence-corrected chi connectivity index (χ0v) is 7.04. The van der Waals surface area contributed by atoms with E-state index in [9.17, 15) is 4.79 Å². The van der Waals surface area contributed by atoms with Crippen LogP contribution in [0.3, 0.4) is 0 Å². The Labute approximate surface area is 75.4 Å². The Morgan fingerprint density at radius 2 is 1.92 bits per heavy atom. The SMILES string of the molecule is C=C(OC(=O)Cl)c1ccccc1. The van der Waals surface area contributed by atoms with Crippen LogP contribution in [0.4, 0.5) is 4.79 Å². The molecule has 0 saturated heterocycles. The van der Waals surface area contributed by atoms with E-state index in [0.717, 1.165) is 5.56 Å². The fourth-order valence-corrected chi connectivity index (χ4v) is 0.873. The van der Waals surface area contributed by atoms with E-state index in [1.165, 1.54) is 0 Å². The molecule has 0 saturated carbocycles. The summed E-state index contributed by atoms with van der Waals surface area (Å²) in [5.74, 6) is 0.260. The molecule has 1 rings (SSSR count). The van der Waals surface area contributed by atoms with Gasteiger partial charge in [-0.2, -0.15) is 0 Å². The molecule has 0 atom stereocenters. The van der Waals surface area contributed by atoms with E-state index in [-0.39, 0.29) is 5.76 Å². The standard InChI is InChI=1S/C9H7ClO2/c1-7(12-9(10)11)8-5-3-2-4-6-8/h2-6H,1H2. The average molecular weight is 183 g/mol. The number of carbonyl (C=O) groups is 1. The number of halogens is 1. The van der Waals surface area contributed by atoms with Gasteiger partial charge in [0.1, 0.15) is 5.76 Å². The van der Waals surface area contributed by atoms with Crippen LogP contribution >= 0.6 is 11.6 Å². The summed E-state index contributed by atoms with van der Waals surface area (Å²) in [5.41, 5.74) is -0.129. The molecule has 1 aromatic carbocycles. The van der Waals surface area contributed by atoms with Crippen molar-refractivity contribution < 1.29 is 9.53 Å². The molecule has 0 radical (unpaired) electrons. The zero-order valence-electron chi connectivity index (χ0n) is 6.29. The molecule has 0 fully saturated rings. The Balaban J connectivity index is 2.73. The van der Waals surface area contributed by atoms with E-state index in [0.29, 0.717) is 0 Å². The second-order valence-electron chi connectivity index (χ2n) is 2.13. The summed E-state index contributed by atoms with van der Waals surface area (Å²) >= 11 is 5.00. The zero-order chi connectivity index (χ0) is 8.97. The number of rotatable bonds is 2. The second-order valence-corrected chi connectivity index (χ2v) is 2.44. The molecule has 12 heavy (non-hydrogen) atoms. The topological polar surface area (TPSA) is 26.3 Å². The van der Waals surface area contributed by atoms with Crippen LogP contribution in [0.15, 0.2) is 36.9 Å². The Kier molecular flexibility index (Phi) is 2.88. The summed E-state index contributed by atoms with van der Waals surface area (Å²) in [6.45, 7) is 3.54. The lowest BCUT2D eigenvalue weighted by Gasteiger charge is -2.02. The maximum Gasteiger partial charge on any atom is 0.409 e. The highest BCUT2D eigenvalue weighted by Gasteiger charge is 2.02. The molecular weight excluding hydrogens is 176 g/mol. The lowest BCUT2D eigenvalue weighted by Crippen LogP contribution is -1.92. The highest BCUT2D eigenvalue weighted by Crippen LogP contribution is 2.13. The van der Waals surface area contributed by atoms with Crippen molar-refractivity contribution in [2.45, 2.75) is 0 Å². The summed E-state index contributed by atoms with van der Waals surface area (Å²) in [5, 5.41) is 0. The Hall–Kier alpha value is -1.28. The molecule has 62 valence electrons. The molecule has 0 N–H and O–H groups in total. The van der Waals surface area contributed by atoms with Crippen molar-refractivity contribution in [3.63, 3.8) is 0 Å². The quantitative estimate of drug-likeness (QED) is 0.519. The van der Waals surface area contributed by atoms with Crippen LogP contribution in [-0.4, -0.2) is 5.43 Å². The van der Waals surface area contributed by atoms with E-state index in [1.807, 2.05) is 18.2 Å². The van der Waals surface area contributed by atoms with E-state index < -0.39 is 5.43 Å². The Bertz CT molecular complexity index is 293. The third-order valence-electron chi connectivity index (χ3n) is 1.30. The minimum Gasteiger partial charge on any atom is -0.414 e. The number of carbonyl (C=O) groups excluding carboxylic acids is 1. The van der Waals surface area contributed by atoms with Crippen LogP contribution in [0.2, 0.25) is 0 Å². The van der Waals surface area contributed by atoms with Gasteiger partial charge in [-0.15, -0.1) is 0 Å². The van der Waals surface area contributed by atoms with Gasteiger partial charge in [0.15, 0.2) is 0 Å². The molecular formula is C9H7ClO2. The van der Waals surface area contributed by atoms with Gasteiger partial charge >= 0.3 is 5.43 Å². The first-order chi connectivity index (χ1) is 5.70. The van der Waals surface area contributed by atoms with Gasteiger partial charge in [-0.05, 0) is 0 Å². The number of hydrogen-bond acceptors (Lipinski definition) is 2. The lowest BCUT2D eigenvalue weighted by atomic mass is 10.2. The third-order valence-corrected chi connectivity index (χ3v) is 1.38. The van der Waals surface area contributed by atoms with Crippen molar-refractivity contribution >= 4 is 22.8 Å². The minimum atomic E-state index is -0.871. The van der Waals surface area contributed by atoms with Gasteiger partial charge in [0.25, 0.3) is 0 Å². The first kappa shape index (κ1) is 8.81. The fraction of sp³-hybridized carbons (Fsp3) is 0. The van der Waals surface area contributed by atoms with Crippen molar-refractivity contribution in [3.8, 4) is 0 Å². The molecule has 2 nitrogen and oxygen atoms in total. The molecule has 0 heterocycles. The predicted molar refractivity (Wildman–Crippen MR) is 47.8 cm³/mol. The van der Waals surface area contributed by atoms with Crippen LogP contribution in [0, 0.1) is 0 Å². The van der Waals surface area contributed by atoms with Crippen LogP contribution in [0.25, 0.3) is 5.76 Å². The molecule has 0 spiro atoms. The van der Waals surface area contributed by atoms with Crippen molar-refractivity contribution in [2.24, 2.45) is 0 Å².